The first-order valence-corrected chi connectivity index (χ1v) is 5.58. The Bertz CT molecular complexity index is 174. The third kappa shape index (κ3) is 6.74. The van der Waals surface area contributed by atoms with Crippen LogP contribution in [0.2, 0.25) is 0 Å². The Kier molecular flexibility index (Phi) is 10.3. The molecule has 0 fully saturated rings. The van der Waals surface area contributed by atoms with Crippen LogP contribution in [0.25, 0.3) is 0 Å². The van der Waals surface area contributed by atoms with Gasteiger partial charge >= 0.3 is 0 Å². The topological polar surface area (TPSA) is 55.1 Å². The molecule has 3 unspecified atom stereocenters. The van der Waals surface area contributed by atoms with E-state index in [1.54, 1.807) is 0 Å². The van der Waals surface area contributed by atoms with Crippen LogP contribution in [0.1, 0.15) is 47.0 Å². The molecule has 0 aromatic carbocycles. The maximum atomic E-state index is 11.6. The Labute approximate surface area is 99.6 Å². The predicted molar refractivity (Wildman–Crippen MR) is 67.2 cm³/mol. The lowest BCUT2D eigenvalue weighted by Gasteiger charge is -2.21. The quantitative estimate of drug-likeness (QED) is 0.742. The molecular weight excluding hydrogens is 212 g/mol. The summed E-state index contributed by atoms with van der Waals surface area (Å²) >= 11 is 0. The molecule has 0 heterocycles. The fourth-order valence-electron chi connectivity index (χ4n) is 1.30. The smallest absolute Gasteiger partial charge is 0.224 e. The van der Waals surface area contributed by atoms with Crippen molar-refractivity contribution in [3.05, 3.63) is 0 Å². The predicted octanol–water partition coefficient (Wildman–Crippen LogP) is 2.09. The van der Waals surface area contributed by atoms with Gasteiger partial charge in [0.05, 0.1) is 0 Å². The van der Waals surface area contributed by atoms with Crippen molar-refractivity contribution < 1.29 is 4.79 Å². The number of amides is 1. The zero-order chi connectivity index (χ0) is 11.1. The van der Waals surface area contributed by atoms with E-state index in [-0.39, 0.29) is 30.3 Å². The first-order valence-electron chi connectivity index (χ1n) is 5.58. The summed E-state index contributed by atoms with van der Waals surface area (Å²) in [5, 5.41) is 3.03. The Morgan fingerprint density at radius 3 is 2.20 bits per heavy atom. The lowest BCUT2D eigenvalue weighted by atomic mass is 10.0. The third-order valence-electron chi connectivity index (χ3n) is 2.68. The van der Waals surface area contributed by atoms with Gasteiger partial charge in [-0.05, 0) is 19.8 Å². The van der Waals surface area contributed by atoms with Gasteiger partial charge in [-0.1, -0.05) is 27.2 Å². The van der Waals surface area contributed by atoms with Crippen LogP contribution < -0.4 is 11.1 Å². The molecule has 0 saturated carbocycles. The number of nitrogens with two attached hydrogens (primary N) is 1. The number of carbonyl (C=O) groups excluding carboxylic acids is 1. The molecule has 0 rings (SSSR count). The van der Waals surface area contributed by atoms with Gasteiger partial charge in [0.25, 0.3) is 0 Å². The normalized spacial score (nSPS) is 16.1. The van der Waals surface area contributed by atoms with E-state index in [1.807, 2.05) is 13.8 Å². The summed E-state index contributed by atoms with van der Waals surface area (Å²) in [5.41, 5.74) is 5.67. The van der Waals surface area contributed by atoms with Crippen LogP contribution in [-0.4, -0.2) is 18.0 Å². The third-order valence-corrected chi connectivity index (χ3v) is 2.68. The molecule has 0 radical (unpaired) electrons. The first-order chi connectivity index (χ1) is 6.52. The van der Waals surface area contributed by atoms with Crippen LogP contribution in [0.5, 0.6) is 0 Å². The highest BCUT2D eigenvalue weighted by atomic mass is 35.5. The zero-order valence-electron chi connectivity index (χ0n) is 10.2. The van der Waals surface area contributed by atoms with Crippen molar-refractivity contribution in [3.63, 3.8) is 0 Å². The van der Waals surface area contributed by atoms with E-state index < -0.39 is 0 Å². The van der Waals surface area contributed by atoms with Gasteiger partial charge in [-0.2, -0.15) is 0 Å². The Morgan fingerprint density at radius 1 is 1.33 bits per heavy atom. The second kappa shape index (κ2) is 8.98. The van der Waals surface area contributed by atoms with Gasteiger partial charge in [0.1, 0.15) is 0 Å². The van der Waals surface area contributed by atoms with Gasteiger partial charge in [-0.15, -0.1) is 12.4 Å². The summed E-state index contributed by atoms with van der Waals surface area (Å²) in [5.74, 6) is -0.0128. The van der Waals surface area contributed by atoms with E-state index >= 15 is 0 Å². The van der Waals surface area contributed by atoms with Crippen molar-refractivity contribution in [1.82, 2.24) is 5.32 Å². The second-order valence-corrected chi connectivity index (χ2v) is 4.05. The maximum Gasteiger partial charge on any atom is 0.224 e. The maximum absolute atomic E-state index is 11.6. The van der Waals surface area contributed by atoms with Crippen LogP contribution in [0.3, 0.4) is 0 Å². The highest BCUT2D eigenvalue weighted by molar-refractivity contribution is 5.85. The Balaban J connectivity index is 0. The number of hydrogen-bond acceptors (Lipinski definition) is 2. The molecule has 0 aliphatic carbocycles. The highest BCUT2D eigenvalue weighted by Gasteiger charge is 2.19. The molecular formula is C11H25ClN2O. The van der Waals surface area contributed by atoms with Gasteiger partial charge in [-0.3, -0.25) is 4.79 Å². The van der Waals surface area contributed by atoms with E-state index in [2.05, 4.69) is 19.2 Å². The monoisotopic (exact) mass is 236 g/mol. The van der Waals surface area contributed by atoms with Crippen LogP contribution in [0.4, 0.5) is 0 Å². The lowest BCUT2D eigenvalue weighted by Crippen LogP contribution is -2.43. The fourth-order valence-corrected chi connectivity index (χ4v) is 1.30. The van der Waals surface area contributed by atoms with E-state index in [0.29, 0.717) is 6.04 Å². The molecule has 0 aromatic rings. The molecule has 0 bridgehead atoms. The largest absolute Gasteiger partial charge is 0.353 e. The van der Waals surface area contributed by atoms with Crippen LogP contribution in [0.15, 0.2) is 0 Å². The average molecular weight is 237 g/mol. The molecule has 3 N–H and O–H groups in total. The molecule has 4 heteroatoms. The van der Waals surface area contributed by atoms with Crippen molar-refractivity contribution in [2.24, 2.45) is 11.7 Å². The van der Waals surface area contributed by atoms with E-state index in [9.17, 15) is 4.79 Å². The SMILES string of the molecule is CCCC(CC)NC(=O)C(C)C(C)N.Cl. The molecule has 15 heavy (non-hydrogen) atoms. The number of halogens is 1. The van der Waals surface area contributed by atoms with Crippen LogP contribution in [0, 0.1) is 5.92 Å². The number of hydrogen-bond donors (Lipinski definition) is 2. The number of rotatable bonds is 6. The molecule has 0 spiro atoms. The molecule has 3 atom stereocenters. The first kappa shape index (κ1) is 17.1. The van der Waals surface area contributed by atoms with Crippen molar-refractivity contribution in [2.45, 2.75) is 59.0 Å². The van der Waals surface area contributed by atoms with E-state index in [4.69, 9.17) is 5.73 Å². The molecule has 0 aliphatic rings. The highest BCUT2D eigenvalue weighted by Crippen LogP contribution is 2.05. The minimum Gasteiger partial charge on any atom is -0.353 e. The van der Waals surface area contributed by atoms with Crippen LogP contribution in [-0.2, 0) is 4.79 Å². The van der Waals surface area contributed by atoms with Gasteiger partial charge < -0.3 is 11.1 Å². The average Bonchev–Trinajstić information content (AvgIpc) is 2.15. The van der Waals surface area contributed by atoms with Crippen molar-refractivity contribution >= 4 is 18.3 Å². The van der Waals surface area contributed by atoms with Gasteiger partial charge in [0.15, 0.2) is 0 Å². The molecule has 92 valence electrons. The number of nitrogens with one attached hydrogen (secondary N) is 1. The summed E-state index contributed by atoms with van der Waals surface area (Å²) in [6, 6.07) is 0.239. The minimum absolute atomic E-state index is 0. The summed E-state index contributed by atoms with van der Waals surface area (Å²) in [6.45, 7) is 7.96. The van der Waals surface area contributed by atoms with Gasteiger partial charge in [-0.25, -0.2) is 0 Å². The molecule has 0 aliphatic heterocycles. The van der Waals surface area contributed by atoms with Crippen molar-refractivity contribution in [1.29, 1.82) is 0 Å². The van der Waals surface area contributed by atoms with Gasteiger partial charge in [0, 0.05) is 18.0 Å². The summed E-state index contributed by atoms with van der Waals surface area (Å²) < 4.78 is 0. The van der Waals surface area contributed by atoms with Crippen LogP contribution >= 0.6 is 12.4 Å². The molecule has 0 saturated heterocycles. The number of carbonyl (C=O) groups is 1. The summed E-state index contributed by atoms with van der Waals surface area (Å²) in [6.07, 6.45) is 3.14. The summed E-state index contributed by atoms with van der Waals surface area (Å²) in [7, 11) is 0. The van der Waals surface area contributed by atoms with Crippen molar-refractivity contribution in [2.75, 3.05) is 0 Å². The fraction of sp³-hybridized carbons (Fsp3) is 0.909. The van der Waals surface area contributed by atoms with Crippen molar-refractivity contribution in [3.8, 4) is 0 Å². The minimum atomic E-state index is -0.0964. The summed E-state index contributed by atoms with van der Waals surface area (Å²) in [4.78, 5) is 11.6. The second-order valence-electron chi connectivity index (χ2n) is 4.05. The van der Waals surface area contributed by atoms with E-state index in [0.717, 1.165) is 19.3 Å². The lowest BCUT2D eigenvalue weighted by molar-refractivity contribution is -0.125. The molecule has 1 amide bonds. The Hall–Kier alpha value is -0.280. The molecule has 3 nitrogen and oxygen atoms in total. The zero-order valence-corrected chi connectivity index (χ0v) is 11.1. The standard InChI is InChI=1S/C11H24N2O.ClH/c1-5-7-10(6-2)13-11(14)8(3)9(4)12;/h8-10H,5-7,12H2,1-4H3,(H,13,14);1H. The molecule has 0 aromatic heterocycles. The van der Waals surface area contributed by atoms with E-state index in [1.165, 1.54) is 0 Å². The van der Waals surface area contributed by atoms with Gasteiger partial charge in [0.2, 0.25) is 5.91 Å². The Morgan fingerprint density at radius 2 is 1.87 bits per heavy atom.